The van der Waals surface area contributed by atoms with Crippen molar-refractivity contribution in [3.63, 3.8) is 0 Å². The number of aromatic nitrogens is 1. The van der Waals surface area contributed by atoms with Crippen molar-refractivity contribution in [2.75, 3.05) is 0 Å². The van der Waals surface area contributed by atoms with E-state index in [1.807, 2.05) is 37.3 Å². The Labute approximate surface area is 117 Å². The highest BCUT2D eigenvalue weighted by Crippen LogP contribution is 2.24. The first kappa shape index (κ1) is 12.8. The molecule has 2 nitrogen and oxygen atoms in total. The van der Waals surface area contributed by atoms with Crippen LogP contribution in [0.4, 0.5) is 4.39 Å². The number of halogens is 1. The monoisotopic (exact) mass is 266 g/mol. The van der Waals surface area contributed by atoms with E-state index < -0.39 is 6.04 Å². The third-order valence-corrected chi connectivity index (χ3v) is 3.45. The van der Waals surface area contributed by atoms with Crippen molar-refractivity contribution in [3.05, 3.63) is 77.2 Å². The molecule has 1 aromatic heterocycles. The summed E-state index contributed by atoms with van der Waals surface area (Å²) in [5, 5.41) is 1.01. The summed E-state index contributed by atoms with van der Waals surface area (Å²) in [6, 6.07) is 15.9. The van der Waals surface area contributed by atoms with Gasteiger partial charge < -0.3 is 5.73 Å². The first-order valence-electron chi connectivity index (χ1n) is 6.52. The van der Waals surface area contributed by atoms with Crippen molar-refractivity contribution in [2.24, 2.45) is 5.73 Å². The molecule has 0 aliphatic rings. The number of benzene rings is 2. The molecule has 100 valence electrons. The molecule has 0 fully saturated rings. The van der Waals surface area contributed by atoms with Gasteiger partial charge in [-0.1, -0.05) is 30.3 Å². The quantitative estimate of drug-likeness (QED) is 0.767. The Morgan fingerprint density at radius 3 is 2.65 bits per heavy atom. The topological polar surface area (TPSA) is 38.9 Å². The van der Waals surface area contributed by atoms with Crippen molar-refractivity contribution in [1.29, 1.82) is 0 Å². The molecular formula is C17H15FN2. The molecule has 3 rings (SSSR count). The fraction of sp³-hybridized carbons (Fsp3) is 0.118. The molecule has 3 aromatic rings. The van der Waals surface area contributed by atoms with Crippen molar-refractivity contribution < 1.29 is 4.39 Å². The third kappa shape index (κ3) is 2.28. The molecular weight excluding hydrogens is 251 g/mol. The number of fused-ring (bicyclic) bond motifs is 1. The van der Waals surface area contributed by atoms with Crippen LogP contribution in [0.15, 0.2) is 54.6 Å². The minimum Gasteiger partial charge on any atom is -0.320 e. The van der Waals surface area contributed by atoms with E-state index in [9.17, 15) is 4.39 Å². The number of hydrogen-bond acceptors (Lipinski definition) is 2. The van der Waals surface area contributed by atoms with Gasteiger partial charge in [0.25, 0.3) is 0 Å². The number of hydrogen-bond donors (Lipinski definition) is 1. The molecule has 0 aliphatic carbocycles. The predicted molar refractivity (Wildman–Crippen MR) is 78.9 cm³/mol. The second-order valence-corrected chi connectivity index (χ2v) is 4.90. The van der Waals surface area contributed by atoms with Crippen LogP contribution in [-0.4, -0.2) is 4.98 Å². The molecule has 0 bridgehead atoms. The Bertz CT molecular complexity index is 768. The van der Waals surface area contributed by atoms with E-state index in [2.05, 4.69) is 4.98 Å². The Hall–Kier alpha value is -2.26. The molecule has 2 aromatic carbocycles. The highest BCUT2D eigenvalue weighted by molar-refractivity contribution is 5.79. The minimum absolute atomic E-state index is 0.276. The fourth-order valence-corrected chi connectivity index (χ4v) is 2.35. The SMILES string of the molecule is Cc1ccc2cc(C(N)c3ccccc3F)ccc2n1. The van der Waals surface area contributed by atoms with E-state index in [0.29, 0.717) is 5.56 Å². The average molecular weight is 266 g/mol. The zero-order chi connectivity index (χ0) is 14.1. The lowest BCUT2D eigenvalue weighted by Gasteiger charge is -2.14. The minimum atomic E-state index is -0.470. The van der Waals surface area contributed by atoms with Crippen LogP contribution in [0.2, 0.25) is 0 Å². The number of rotatable bonds is 2. The summed E-state index contributed by atoms with van der Waals surface area (Å²) in [7, 11) is 0. The zero-order valence-corrected chi connectivity index (χ0v) is 11.2. The lowest BCUT2D eigenvalue weighted by atomic mass is 9.97. The van der Waals surface area contributed by atoms with Gasteiger partial charge in [-0.05, 0) is 36.8 Å². The smallest absolute Gasteiger partial charge is 0.128 e. The van der Waals surface area contributed by atoms with Crippen LogP contribution in [0.25, 0.3) is 10.9 Å². The van der Waals surface area contributed by atoms with Gasteiger partial charge in [-0.15, -0.1) is 0 Å². The normalized spacial score (nSPS) is 12.6. The van der Waals surface area contributed by atoms with Gasteiger partial charge >= 0.3 is 0 Å². The van der Waals surface area contributed by atoms with Gasteiger partial charge in [-0.2, -0.15) is 0 Å². The molecule has 0 saturated heterocycles. The summed E-state index contributed by atoms with van der Waals surface area (Å²) in [5.74, 6) is -0.276. The highest BCUT2D eigenvalue weighted by Gasteiger charge is 2.13. The molecule has 0 saturated carbocycles. The van der Waals surface area contributed by atoms with Gasteiger partial charge in [0.15, 0.2) is 0 Å². The van der Waals surface area contributed by atoms with Crippen molar-refractivity contribution in [1.82, 2.24) is 4.98 Å². The van der Waals surface area contributed by atoms with Gasteiger partial charge in [0.2, 0.25) is 0 Å². The maximum atomic E-state index is 13.8. The van der Waals surface area contributed by atoms with Crippen LogP contribution in [0.3, 0.4) is 0 Å². The van der Waals surface area contributed by atoms with Gasteiger partial charge in [0.1, 0.15) is 5.82 Å². The summed E-state index contributed by atoms with van der Waals surface area (Å²) in [5.41, 5.74) is 9.47. The van der Waals surface area contributed by atoms with E-state index in [0.717, 1.165) is 22.2 Å². The predicted octanol–water partition coefficient (Wildman–Crippen LogP) is 3.73. The lowest BCUT2D eigenvalue weighted by molar-refractivity contribution is 0.600. The van der Waals surface area contributed by atoms with Crippen molar-refractivity contribution in [2.45, 2.75) is 13.0 Å². The fourth-order valence-electron chi connectivity index (χ4n) is 2.35. The third-order valence-electron chi connectivity index (χ3n) is 3.45. The molecule has 0 radical (unpaired) electrons. The maximum Gasteiger partial charge on any atom is 0.128 e. The van der Waals surface area contributed by atoms with E-state index in [1.54, 1.807) is 18.2 Å². The van der Waals surface area contributed by atoms with Gasteiger partial charge in [-0.25, -0.2) is 4.39 Å². The summed E-state index contributed by atoms with van der Waals surface area (Å²) in [6.45, 7) is 1.96. The summed E-state index contributed by atoms with van der Waals surface area (Å²) >= 11 is 0. The van der Waals surface area contributed by atoms with E-state index in [4.69, 9.17) is 5.73 Å². The van der Waals surface area contributed by atoms with Gasteiger partial charge in [0, 0.05) is 16.6 Å². The Morgan fingerprint density at radius 1 is 1.05 bits per heavy atom. The lowest BCUT2D eigenvalue weighted by Crippen LogP contribution is -2.13. The molecule has 3 heteroatoms. The number of pyridine rings is 1. The Balaban J connectivity index is 2.06. The second kappa shape index (κ2) is 5.02. The van der Waals surface area contributed by atoms with Crippen LogP contribution in [0.1, 0.15) is 22.9 Å². The molecule has 0 spiro atoms. The van der Waals surface area contributed by atoms with Crippen LogP contribution >= 0.6 is 0 Å². The van der Waals surface area contributed by atoms with Crippen molar-refractivity contribution >= 4 is 10.9 Å². The Kier molecular flexibility index (Phi) is 3.20. The molecule has 0 aliphatic heterocycles. The molecule has 1 heterocycles. The summed E-state index contributed by atoms with van der Waals surface area (Å²) in [4.78, 5) is 4.45. The van der Waals surface area contributed by atoms with Crippen LogP contribution < -0.4 is 5.73 Å². The first-order chi connectivity index (χ1) is 9.65. The highest BCUT2D eigenvalue weighted by atomic mass is 19.1. The number of aryl methyl sites for hydroxylation is 1. The number of nitrogens with two attached hydrogens (primary N) is 1. The molecule has 20 heavy (non-hydrogen) atoms. The molecule has 0 amide bonds. The van der Waals surface area contributed by atoms with Crippen LogP contribution in [-0.2, 0) is 0 Å². The first-order valence-corrected chi connectivity index (χ1v) is 6.52. The standard InChI is InChI=1S/C17H15FN2/c1-11-6-7-12-10-13(8-9-16(12)20-11)17(19)14-4-2-3-5-15(14)18/h2-10,17H,19H2,1H3. The van der Waals surface area contributed by atoms with Crippen LogP contribution in [0.5, 0.6) is 0 Å². The largest absolute Gasteiger partial charge is 0.320 e. The van der Waals surface area contributed by atoms with E-state index in [1.165, 1.54) is 6.07 Å². The van der Waals surface area contributed by atoms with E-state index in [-0.39, 0.29) is 5.82 Å². The molecule has 1 unspecified atom stereocenters. The van der Waals surface area contributed by atoms with Gasteiger partial charge in [-0.3, -0.25) is 4.98 Å². The van der Waals surface area contributed by atoms with Gasteiger partial charge in [0.05, 0.1) is 11.6 Å². The molecule has 2 N–H and O–H groups in total. The molecule has 1 atom stereocenters. The zero-order valence-electron chi connectivity index (χ0n) is 11.2. The Morgan fingerprint density at radius 2 is 1.85 bits per heavy atom. The van der Waals surface area contributed by atoms with Crippen LogP contribution in [0, 0.1) is 12.7 Å². The summed E-state index contributed by atoms with van der Waals surface area (Å²) < 4.78 is 13.8. The second-order valence-electron chi connectivity index (χ2n) is 4.90. The average Bonchev–Trinajstić information content (AvgIpc) is 2.46. The van der Waals surface area contributed by atoms with Crippen molar-refractivity contribution in [3.8, 4) is 0 Å². The number of nitrogens with zero attached hydrogens (tertiary/aromatic N) is 1. The maximum absolute atomic E-state index is 13.8. The summed E-state index contributed by atoms with van der Waals surface area (Å²) in [6.07, 6.45) is 0. The van der Waals surface area contributed by atoms with E-state index >= 15 is 0 Å².